The average Bonchev–Trinajstić information content (AvgIpc) is 2.85. The summed E-state index contributed by atoms with van der Waals surface area (Å²) in [6.45, 7) is 7.93. The van der Waals surface area contributed by atoms with Crippen molar-refractivity contribution < 1.29 is 9.53 Å². The first-order valence-corrected chi connectivity index (χ1v) is 6.65. The molecule has 0 saturated carbocycles. The van der Waals surface area contributed by atoms with Crippen LogP contribution in [0, 0.1) is 6.92 Å². The molecule has 0 aromatic carbocycles. The van der Waals surface area contributed by atoms with Crippen LogP contribution in [0.1, 0.15) is 32.0 Å². The number of fused-ring (bicyclic) bond motifs is 1. The van der Waals surface area contributed by atoms with Crippen molar-refractivity contribution >= 4 is 23.2 Å². The van der Waals surface area contributed by atoms with Crippen molar-refractivity contribution in [3.8, 4) is 0 Å². The van der Waals surface area contributed by atoms with Crippen LogP contribution in [0.3, 0.4) is 0 Å². The zero-order valence-electron chi connectivity index (χ0n) is 11.6. The SMILES string of the molecule is CC.CCOC(=O)Cc1c(C)nc2ccnn2c1Cl. The molecule has 0 saturated heterocycles. The predicted octanol–water partition coefficient (Wildman–Crippen LogP) is 2.82. The van der Waals surface area contributed by atoms with Gasteiger partial charge >= 0.3 is 5.97 Å². The summed E-state index contributed by atoms with van der Waals surface area (Å²) < 4.78 is 6.40. The van der Waals surface area contributed by atoms with Gasteiger partial charge in [0.2, 0.25) is 0 Å². The Kier molecular flexibility index (Phi) is 5.76. The molecule has 0 radical (unpaired) electrons. The maximum atomic E-state index is 11.5. The first-order valence-electron chi connectivity index (χ1n) is 6.27. The zero-order chi connectivity index (χ0) is 14.4. The highest BCUT2D eigenvalue weighted by molar-refractivity contribution is 6.30. The van der Waals surface area contributed by atoms with E-state index in [1.807, 2.05) is 20.8 Å². The van der Waals surface area contributed by atoms with Crippen LogP contribution >= 0.6 is 11.6 Å². The molecular weight excluding hydrogens is 266 g/mol. The lowest BCUT2D eigenvalue weighted by Crippen LogP contribution is -2.11. The lowest BCUT2D eigenvalue weighted by molar-refractivity contribution is -0.142. The molecule has 2 aromatic heterocycles. The molecule has 0 atom stereocenters. The van der Waals surface area contributed by atoms with Gasteiger partial charge in [-0.15, -0.1) is 0 Å². The maximum Gasteiger partial charge on any atom is 0.310 e. The van der Waals surface area contributed by atoms with Gasteiger partial charge < -0.3 is 4.74 Å². The van der Waals surface area contributed by atoms with Crippen LogP contribution in [-0.4, -0.2) is 27.2 Å². The third-order valence-corrected chi connectivity index (χ3v) is 2.79. The molecular formula is C13H18ClN3O2. The van der Waals surface area contributed by atoms with Crippen molar-refractivity contribution in [3.05, 3.63) is 28.7 Å². The van der Waals surface area contributed by atoms with E-state index in [1.54, 1.807) is 19.2 Å². The Hall–Kier alpha value is -1.62. The van der Waals surface area contributed by atoms with Crippen LogP contribution in [0.4, 0.5) is 0 Å². The number of carbonyl (C=O) groups is 1. The van der Waals surface area contributed by atoms with E-state index in [1.165, 1.54) is 4.52 Å². The van der Waals surface area contributed by atoms with Crippen LogP contribution in [0.5, 0.6) is 0 Å². The van der Waals surface area contributed by atoms with Crippen LogP contribution in [0.25, 0.3) is 5.65 Å². The second-order valence-corrected chi connectivity index (χ2v) is 3.91. The number of hydrogen-bond donors (Lipinski definition) is 0. The highest BCUT2D eigenvalue weighted by atomic mass is 35.5. The van der Waals surface area contributed by atoms with Gasteiger partial charge in [0.15, 0.2) is 5.65 Å². The second-order valence-electron chi connectivity index (χ2n) is 3.55. The molecule has 0 unspecified atom stereocenters. The van der Waals surface area contributed by atoms with Gasteiger partial charge in [0, 0.05) is 17.3 Å². The van der Waals surface area contributed by atoms with Gasteiger partial charge in [-0.3, -0.25) is 4.79 Å². The van der Waals surface area contributed by atoms with Gasteiger partial charge in [-0.05, 0) is 13.8 Å². The number of aryl methyl sites for hydroxylation is 1. The summed E-state index contributed by atoms with van der Waals surface area (Å²) in [4.78, 5) is 15.8. The quantitative estimate of drug-likeness (QED) is 0.642. The number of carbonyl (C=O) groups excluding carboxylic acids is 1. The summed E-state index contributed by atoms with van der Waals surface area (Å²) in [7, 11) is 0. The van der Waals surface area contributed by atoms with Crippen molar-refractivity contribution in [2.24, 2.45) is 0 Å². The Morgan fingerprint density at radius 2 is 2.16 bits per heavy atom. The van der Waals surface area contributed by atoms with Gasteiger partial charge in [0.25, 0.3) is 0 Å². The average molecular weight is 284 g/mol. The van der Waals surface area contributed by atoms with E-state index in [0.717, 1.165) is 5.69 Å². The standard InChI is InChI=1S/C11H12ClN3O2.C2H6/c1-3-17-10(16)6-8-7(2)14-9-4-5-13-15(9)11(8)12;1-2/h4-5H,3,6H2,1-2H3;1-2H3. The molecule has 0 N–H and O–H groups in total. The minimum absolute atomic E-state index is 0.112. The molecule has 0 fully saturated rings. The Balaban J connectivity index is 0.000000861. The summed E-state index contributed by atoms with van der Waals surface area (Å²) >= 11 is 6.19. The van der Waals surface area contributed by atoms with Crippen molar-refractivity contribution in [1.29, 1.82) is 0 Å². The molecule has 0 aliphatic rings. The van der Waals surface area contributed by atoms with Crippen molar-refractivity contribution in [2.75, 3.05) is 6.61 Å². The minimum Gasteiger partial charge on any atom is -0.466 e. The number of halogens is 1. The summed E-state index contributed by atoms with van der Waals surface area (Å²) in [6, 6.07) is 1.76. The molecule has 0 amide bonds. The minimum atomic E-state index is -0.314. The highest BCUT2D eigenvalue weighted by Crippen LogP contribution is 2.20. The van der Waals surface area contributed by atoms with E-state index in [4.69, 9.17) is 16.3 Å². The van der Waals surface area contributed by atoms with E-state index < -0.39 is 0 Å². The molecule has 6 heteroatoms. The highest BCUT2D eigenvalue weighted by Gasteiger charge is 2.15. The normalized spacial score (nSPS) is 9.95. The summed E-state index contributed by atoms with van der Waals surface area (Å²) in [5.41, 5.74) is 2.04. The number of hydrogen-bond acceptors (Lipinski definition) is 4. The maximum absolute atomic E-state index is 11.5. The lowest BCUT2D eigenvalue weighted by atomic mass is 10.2. The fraction of sp³-hybridized carbons (Fsp3) is 0.462. The van der Waals surface area contributed by atoms with Gasteiger partial charge in [0.1, 0.15) is 5.15 Å². The zero-order valence-corrected chi connectivity index (χ0v) is 12.4. The molecule has 0 spiro atoms. The third kappa shape index (κ3) is 3.44. The Bertz CT molecular complexity index is 566. The molecule has 0 aliphatic carbocycles. The largest absolute Gasteiger partial charge is 0.466 e. The molecule has 19 heavy (non-hydrogen) atoms. The lowest BCUT2D eigenvalue weighted by Gasteiger charge is -2.08. The van der Waals surface area contributed by atoms with Crippen LogP contribution in [0.2, 0.25) is 5.15 Å². The third-order valence-electron chi connectivity index (χ3n) is 2.40. The Labute approximate surface area is 117 Å². The smallest absolute Gasteiger partial charge is 0.310 e. The van der Waals surface area contributed by atoms with E-state index in [0.29, 0.717) is 23.0 Å². The number of esters is 1. The van der Waals surface area contributed by atoms with Crippen molar-refractivity contribution in [2.45, 2.75) is 34.1 Å². The van der Waals surface area contributed by atoms with Crippen molar-refractivity contribution in [3.63, 3.8) is 0 Å². The van der Waals surface area contributed by atoms with Crippen LogP contribution < -0.4 is 0 Å². The van der Waals surface area contributed by atoms with Crippen LogP contribution in [0.15, 0.2) is 12.3 Å². The van der Waals surface area contributed by atoms with E-state index in [-0.39, 0.29) is 12.4 Å². The molecule has 2 rings (SSSR count). The predicted molar refractivity (Wildman–Crippen MR) is 74.4 cm³/mol. The van der Waals surface area contributed by atoms with E-state index >= 15 is 0 Å². The number of nitrogens with zero attached hydrogens (tertiary/aromatic N) is 3. The fourth-order valence-corrected chi connectivity index (χ4v) is 1.94. The van der Waals surface area contributed by atoms with E-state index in [9.17, 15) is 4.79 Å². The molecule has 2 heterocycles. The second kappa shape index (κ2) is 7.09. The van der Waals surface area contributed by atoms with Crippen molar-refractivity contribution in [1.82, 2.24) is 14.6 Å². The number of aromatic nitrogens is 3. The Morgan fingerprint density at radius 1 is 1.47 bits per heavy atom. The van der Waals surface area contributed by atoms with Gasteiger partial charge in [0.05, 0.1) is 19.2 Å². The monoisotopic (exact) mass is 283 g/mol. The molecule has 0 bridgehead atoms. The van der Waals surface area contributed by atoms with Gasteiger partial charge in [-0.2, -0.15) is 5.10 Å². The number of rotatable bonds is 3. The summed E-state index contributed by atoms with van der Waals surface area (Å²) in [5, 5.41) is 4.45. The van der Waals surface area contributed by atoms with Gasteiger partial charge in [-0.25, -0.2) is 9.50 Å². The first-order chi connectivity index (χ1) is 9.13. The molecule has 2 aromatic rings. The summed E-state index contributed by atoms with van der Waals surface area (Å²) in [6.07, 6.45) is 1.73. The summed E-state index contributed by atoms with van der Waals surface area (Å²) in [5.74, 6) is -0.314. The molecule has 5 nitrogen and oxygen atoms in total. The fourth-order valence-electron chi connectivity index (χ4n) is 1.61. The van der Waals surface area contributed by atoms with Gasteiger partial charge in [-0.1, -0.05) is 25.4 Å². The first kappa shape index (κ1) is 15.4. The van der Waals surface area contributed by atoms with E-state index in [2.05, 4.69) is 10.1 Å². The van der Waals surface area contributed by atoms with Crippen LogP contribution in [-0.2, 0) is 16.0 Å². The molecule has 104 valence electrons. The Morgan fingerprint density at radius 3 is 2.79 bits per heavy atom. The number of ether oxygens (including phenoxy) is 1. The topological polar surface area (TPSA) is 56.5 Å². The molecule has 0 aliphatic heterocycles.